The summed E-state index contributed by atoms with van der Waals surface area (Å²) in [5.41, 5.74) is 1.29. The van der Waals surface area contributed by atoms with Crippen molar-refractivity contribution in [3.8, 4) is 0 Å². The molecule has 154 valence electrons. The molecule has 1 aromatic rings. The molecule has 0 amide bonds. The highest BCUT2D eigenvalue weighted by atomic mass is 127. The zero-order valence-electron chi connectivity index (χ0n) is 16.1. The van der Waals surface area contributed by atoms with Gasteiger partial charge in [0.15, 0.2) is 5.96 Å². The van der Waals surface area contributed by atoms with Crippen LogP contribution in [0.25, 0.3) is 0 Å². The van der Waals surface area contributed by atoms with Crippen molar-refractivity contribution in [2.75, 3.05) is 19.7 Å². The second-order valence-corrected chi connectivity index (χ2v) is 7.17. The van der Waals surface area contributed by atoms with E-state index < -0.39 is 5.82 Å². The zero-order chi connectivity index (χ0) is 18.8. The average Bonchev–Trinajstić information content (AvgIpc) is 2.66. The third kappa shape index (κ3) is 7.54. The standard InChI is InChI=1S/C20H32FN3O2.HI/c1-2-22-19(23-13-16-6-7-18(21)17(12-16)14-26)24-15-20(10-11-25)8-4-3-5-9-20;/h6-7,12,25-26H,2-5,8-11,13-15H2,1H3,(H2,22,23,24);1H. The van der Waals surface area contributed by atoms with E-state index in [-0.39, 0.29) is 42.6 Å². The summed E-state index contributed by atoms with van der Waals surface area (Å²) in [5.74, 6) is 0.332. The number of hydrogen-bond donors (Lipinski definition) is 4. The number of benzene rings is 1. The lowest BCUT2D eigenvalue weighted by Gasteiger charge is -2.37. The lowest BCUT2D eigenvalue weighted by molar-refractivity contribution is 0.131. The monoisotopic (exact) mass is 493 g/mol. The molecule has 0 spiro atoms. The molecule has 1 saturated carbocycles. The van der Waals surface area contributed by atoms with Gasteiger partial charge in [-0.05, 0) is 49.3 Å². The van der Waals surface area contributed by atoms with Crippen LogP contribution < -0.4 is 10.6 Å². The van der Waals surface area contributed by atoms with Crippen LogP contribution in [-0.4, -0.2) is 35.9 Å². The van der Waals surface area contributed by atoms with Gasteiger partial charge >= 0.3 is 0 Å². The molecule has 4 N–H and O–H groups in total. The average molecular weight is 493 g/mol. The predicted molar refractivity (Wildman–Crippen MR) is 118 cm³/mol. The van der Waals surface area contributed by atoms with E-state index in [1.165, 1.54) is 25.3 Å². The smallest absolute Gasteiger partial charge is 0.191 e. The first-order valence-corrected chi connectivity index (χ1v) is 9.63. The predicted octanol–water partition coefficient (Wildman–Crippen LogP) is 3.32. The third-order valence-electron chi connectivity index (χ3n) is 5.23. The maximum atomic E-state index is 13.5. The Kier molecular flexibility index (Phi) is 11.2. The summed E-state index contributed by atoms with van der Waals surface area (Å²) >= 11 is 0. The van der Waals surface area contributed by atoms with Crippen LogP contribution in [0, 0.1) is 11.2 Å². The van der Waals surface area contributed by atoms with Crippen molar-refractivity contribution in [2.45, 2.75) is 58.6 Å². The molecule has 27 heavy (non-hydrogen) atoms. The van der Waals surface area contributed by atoms with Crippen molar-refractivity contribution in [1.29, 1.82) is 0 Å². The van der Waals surface area contributed by atoms with Crippen molar-refractivity contribution >= 4 is 29.9 Å². The van der Waals surface area contributed by atoms with E-state index in [9.17, 15) is 14.6 Å². The number of nitrogens with zero attached hydrogens (tertiary/aromatic N) is 1. The maximum Gasteiger partial charge on any atom is 0.191 e. The summed E-state index contributed by atoms with van der Waals surface area (Å²) in [5, 5.41) is 25.3. The molecule has 1 fully saturated rings. The number of guanidine groups is 1. The molecule has 0 unspecified atom stereocenters. The summed E-state index contributed by atoms with van der Waals surface area (Å²) in [6, 6.07) is 4.71. The van der Waals surface area contributed by atoms with Crippen LogP contribution in [0.5, 0.6) is 0 Å². The minimum absolute atomic E-state index is 0. The van der Waals surface area contributed by atoms with E-state index in [1.54, 1.807) is 12.1 Å². The van der Waals surface area contributed by atoms with Gasteiger partial charge in [-0.15, -0.1) is 24.0 Å². The van der Waals surface area contributed by atoms with E-state index in [0.29, 0.717) is 12.1 Å². The number of halogens is 2. The topological polar surface area (TPSA) is 76.9 Å². The lowest BCUT2D eigenvalue weighted by Crippen LogP contribution is -2.44. The summed E-state index contributed by atoms with van der Waals surface area (Å²) in [6.07, 6.45) is 6.80. The fraction of sp³-hybridized carbons (Fsp3) is 0.650. The van der Waals surface area contributed by atoms with Crippen molar-refractivity contribution in [3.05, 3.63) is 35.1 Å². The number of aliphatic imine (C=N–C) groups is 1. The molecule has 1 aliphatic rings. The van der Waals surface area contributed by atoms with Crippen LogP contribution in [-0.2, 0) is 13.2 Å². The van der Waals surface area contributed by atoms with E-state index in [2.05, 4.69) is 15.6 Å². The SMILES string of the molecule is CCNC(=NCc1ccc(F)c(CO)c1)NCC1(CCO)CCCCC1.I. The van der Waals surface area contributed by atoms with Gasteiger partial charge in [-0.2, -0.15) is 0 Å². The molecular formula is C20H33FIN3O2. The molecule has 0 radical (unpaired) electrons. The maximum absolute atomic E-state index is 13.5. The van der Waals surface area contributed by atoms with Crippen molar-refractivity contribution in [3.63, 3.8) is 0 Å². The van der Waals surface area contributed by atoms with Gasteiger partial charge in [-0.25, -0.2) is 9.38 Å². The molecule has 7 heteroatoms. The highest BCUT2D eigenvalue weighted by molar-refractivity contribution is 14.0. The molecule has 1 aliphatic carbocycles. The second-order valence-electron chi connectivity index (χ2n) is 7.17. The van der Waals surface area contributed by atoms with Crippen LogP contribution in [0.2, 0.25) is 0 Å². The third-order valence-corrected chi connectivity index (χ3v) is 5.23. The Morgan fingerprint density at radius 1 is 1.19 bits per heavy atom. The molecule has 0 aromatic heterocycles. The minimum atomic E-state index is -0.395. The number of nitrogens with one attached hydrogen (secondary N) is 2. The van der Waals surface area contributed by atoms with E-state index in [1.807, 2.05) is 6.92 Å². The minimum Gasteiger partial charge on any atom is -0.396 e. The van der Waals surface area contributed by atoms with Crippen molar-refractivity contribution < 1.29 is 14.6 Å². The highest BCUT2D eigenvalue weighted by Gasteiger charge is 2.31. The lowest BCUT2D eigenvalue weighted by atomic mass is 9.72. The molecule has 0 heterocycles. The van der Waals surface area contributed by atoms with Gasteiger partial charge in [0.1, 0.15) is 5.82 Å². The van der Waals surface area contributed by atoms with Crippen LogP contribution >= 0.6 is 24.0 Å². The Balaban J connectivity index is 0.00000364. The largest absolute Gasteiger partial charge is 0.396 e. The molecule has 1 aromatic carbocycles. The summed E-state index contributed by atoms with van der Waals surface area (Å²) in [6.45, 7) is 3.88. The Hall–Kier alpha value is -0.930. The molecule has 0 bridgehead atoms. The van der Waals surface area contributed by atoms with Gasteiger partial charge in [0.05, 0.1) is 13.2 Å². The molecular weight excluding hydrogens is 460 g/mol. The molecule has 2 rings (SSSR count). The van der Waals surface area contributed by atoms with Gasteiger partial charge in [0, 0.05) is 25.3 Å². The van der Waals surface area contributed by atoms with E-state index in [0.717, 1.165) is 43.9 Å². The quantitative estimate of drug-likeness (QED) is 0.255. The van der Waals surface area contributed by atoms with Crippen LogP contribution in [0.1, 0.15) is 56.6 Å². The molecule has 0 saturated heterocycles. The Morgan fingerprint density at radius 3 is 2.56 bits per heavy atom. The molecule has 0 atom stereocenters. The molecule has 0 aliphatic heterocycles. The Bertz CT molecular complexity index is 587. The summed E-state index contributed by atoms with van der Waals surface area (Å²) < 4.78 is 13.5. The first kappa shape index (κ1) is 24.1. The Morgan fingerprint density at radius 2 is 1.93 bits per heavy atom. The number of aliphatic hydroxyl groups is 2. The number of hydrogen-bond acceptors (Lipinski definition) is 3. The van der Waals surface area contributed by atoms with Crippen LogP contribution in [0.4, 0.5) is 4.39 Å². The first-order chi connectivity index (χ1) is 12.6. The highest BCUT2D eigenvalue weighted by Crippen LogP contribution is 2.38. The summed E-state index contributed by atoms with van der Waals surface area (Å²) in [4.78, 5) is 4.59. The molecule has 5 nitrogen and oxygen atoms in total. The van der Waals surface area contributed by atoms with E-state index in [4.69, 9.17) is 0 Å². The number of rotatable bonds is 8. The van der Waals surface area contributed by atoms with Gasteiger partial charge in [-0.1, -0.05) is 25.3 Å². The van der Waals surface area contributed by atoms with Crippen LogP contribution in [0.15, 0.2) is 23.2 Å². The van der Waals surface area contributed by atoms with Crippen molar-refractivity contribution in [2.24, 2.45) is 10.4 Å². The zero-order valence-corrected chi connectivity index (χ0v) is 18.5. The van der Waals surface area contributed by atoms with Gasteiger partial charge < -0.3 is 20.8 Å². The van der Waals surface area contributed by atoms with Crippen LogP contribution in [0.3, 0.4) is 0 Å². The normalized spacial score (nSPS) is 16.5. The van der Waals surface area contributed by atoms with Gasteiger partial charge in [0.25, 0.3) is 0 Å². The summed E-state index contributed by atoms with van der Waals surface area (Å²) in [7, 11) is 0. The fourth-order valence-corrected chi connectivity index (χ4v) is 3.69. The second kappa shape index (κ2) is 12.5. The number of aliphatic hydroxyl groups excluding tert-OH is 2. The van der Waals surface area contributed by atoms with Crippen molar-refractivity contribution in [1.82, 2.24) is 10.6 Å². The fourth-order valence-electron chi connectivity index (χ4n) is 3.69. The van der Waals surface area contributed by atoms with Gasteiger partial charge in [-0.3, -0.25) is 0 Å². The van der Waals surface area contributed by atoms with Gasteiger partial charge in [0.2, 0.25) is 0 Å². The Labute approximate surface area is 178 Å². The first-order valence-electron chi connectivity index (χ1n) is 9.63. The van der Waals surface area contributed by atoms with E-state index >= 15 is 0 Å².